The summed E-state index contributed by atoms with van der Waals surface area (Å²) < 4.78 is 13.5. The van der Waals surface area contributed by atoms with Gasteiger partial charge in [-0.1, -0.05) is 23.9 Å². The van der Waals surface area contributed by atoms with Crippen LogP contribution in [-0.2, 0) is 0 Å². The van der Waals surface area contributed by atoms with Crippen molar-refractivity contribution in [3.63, 3.8) is 0 Å². The number of carbonyl (C=O) groups excluding carboxylic acids is 1. The Morgan fingerprint density at radius 2 is 1.83 bits per heavy atom. The normalized spacial score (nSPS) is 10.3. The Morgan fingerprint density at radius 3 is 2.50 bits per heavy atom. The average molecular weight is 262 g/mol. The summed E-state index contributed by atoms with van der Waals surface area (Å²) in [5.41, 5.74) is 11.8. The molecule has 0 atom stereocenters. The summed E-state index contributed by atoms with van der Waals surface area (Å²) >= 11 is 1.16. The molecule has 0 heterocycles. The number of rotatable bonds is 3. The minimum atomic E-state index is -0.537. The van der Waals surface area contributed by atoms with E-state index in [2.05, 4.69) is 0 Å². The van der Waals surface area contributed by atoms with Gasteiger partial charge in [0.1, 0.15) is 5.82 Å². The Labute approximate surface area is 108 Å². The van der Waals surface area contributed by atoms with E-state index in [1.165, 1.54) is 6.07 Å². The number of nitrogens with two attached hydrogens (primary N) is 2. The average Bonchev–Trinajstić information content (AvgIpc) is 2.34. The standard InChI is InChI=1S/C13H11FN2OS/c14-9-3-1-2-4-11(9)18-12-7-8(13(16)17)5-6-10(12)15/h1-7H,15H2,(H2,16,17). The first-order valence-electron chi connectivity index (χ1n) is 5.19. The quantitative estimate of drug-likeness (QED) is 0.835. The van der Waals surface area contributed by atoms with Crippen LogP contribution < -0.4 is 11.5 Å². The SMILES string of the molecule is NC(=O)c1ccc(N)c(Sc2ccccc2F)c1. The number of hydrogen-bond donors (Lipinski definition) is 2. The molecule has 0 aromatic heterocycles. The molecule has 0 aliphatic carbocycles. The maximum Gasteiger partial charge on any atom is 0.248 e. The Morgan fingerprint density at radius 1 is 1.11 bits per heavy atom. The van der Waals surface area contributed by atoms with Crippen LogP contribution in [0.25, 0.3) is 0 Å². The van der Waals surface area contributed by atoms with Gasteiger partial charge >= 0.3 is 0 Å². The van der Waals surface area contributed by atoms with Crippen molar-refractivity contribution in [1.29, 1.82) is 0 Å². The van der Waals surface area contributed by atoms with Crippen molar-refractivity contribution in [2.45, 2.75) is 9.79 Å². The van der Waals surface area contributed by atoms with Gasteiger partial charge in [-0.25, -0.2) is 4.39 Å². The summed E-state index contributed by atoms with van der Waals surface area (Å²) in [6.45, 7) is 0. The molecule has 2 rings (SSSR count). The first-order valence-corrected chi connectivity index (χ1v) is 6.01. The van der Waals surface area contributed by atoms with E-state index in [-0.39, 0.29) is 5.82 Å². The van der Waals surface area contributed by atoms with Gasteiger partial charge in [0.05, 0.1) is 0 Å². The summed E-state index contributed by atoms with van der Waals surface area (Å²) in [5.74, 6) is -0.864. The summed E-state index contributed by atoms with van der Waals surface area (Å²) in [6.07, 6.45) is 0. The first-order chi connectivity index (χ1) is 8.58. The van der Waals surface area contributed by atoms with Crippen LogP contribution >= 0.6 is 11.8 Å². The van der Waals surface area contributed by atoms with Crippen LogP contribution in [0, 0.1) is 5.82 Å². The second-order valence-electron chi connectivity index (χ2n) is 3.65. The Balaban J connectivity index is 2.37. The second-order valence-corrected chi connectivity index (χ2v) is 4.73. The number of halogens is 1. The molecule has 4 N–H and O–H groups in total. The highest BCUT2D eigenvalue weighted by Gasteiger charge is 2.09. The maximum absolute atomic E-state index is 13.5. The van der Waals surface area contributed by atoms with Gasteiger partial charge < -0.3 is 11.5 Å². The van der Waals surface area contributed by atoms with Crippen molar-refractivity contribution in [2.24, 2.45) is 5.73 Å². The maximum atomic E-state index is 13.5. The van der Waals surface area contributed by atoms with Crippen LogP contribution in [0.3, 0.4) is 0 Å². The molecule has 0 aliphatic heterocycles. The van der Waals surface area contributed by atoms with E-state index < -0.39 is 5.91 Å². The topological polar surface area (TPSA) is 69.1 Å². The highest BCUT2D eigenvalue weighted by atomic mass is 32.2. The first kappa shape index (κ1) is 12.4. The third-order valence-corrected chi connectivity index (χ3v) is 3.48. The molecule has 0 spiro atoms. The molecule has 2 aromatic rings. The molecule has 5 heteroatoms. The number of amides is 1. The van der Waals surface area contributed by atoms with Gasteiger partial charge in [0.15, 0.2) is 0 Å². The molecule has 0 bridgehead atoms. The second kappa shape index (κ2) is 5.10. The van der Waals surface area contributed by atoms with Gasteiger partial charge in [0.2, 0.25) is 5.91 Å². The number of hydrogen-bond acceptors (Lipinski definition) is 3. The Kier molecular flexibility index (Phi) is 3.53. The van der Waals surface area contributed by atoms with Crippen molar-refractivity contribution < 1.29 is 9.18 Å². The van der Waals surface area contributed by atoms with Crippen LogP contribution in [0.5, 0.6) is 0 Å². The zero-order chi connectivity index (χ0) is 13.1. The molecule has 0 unspecified atom stereocenters. The molecule has 3 nitrogen and oxygen atoms in total. The van der Waals surface area contributed by atoms with Crippen molar-refractivity contribution in [3.8, 4) is 0 Å². The van der Waals surface area contributed by atoms with E-state index in [0.717, 1.165) is 11.8 Å². The third kappa shape index (κ3) is 2.62. The van der Waals surface area contributed by atoms with E-state index >= 15 is 0 Å². The van der Waals surface area contributed by atoms with Gasteiger partial charge in [-0.2, -0.15) is 0 Å². The summed E-state index contributed by atoms with van der Waals surface area (Å²) in [6, 6.07) is 11.1. The van der Waals surface area contributed by atoms with E-state index in [1.807, 2.05) is 0 Å². The highest BCUT2D eigenvalue weighted by molar-refractivity contribution is 7.99. The lowest BCUT2D eigenvalue weighted by Gasteiger charge is -2.07. The molecular weight excluding hydrogens is 251 g/mol. The smallest absolute Gasteiger partial charge is 0.248 e. The molecular formula is C13H11FN2OS. The van der Waals surface area contributed by atoms with Crippen molar-refractivity contribution in [3.05, 3.63) is 53.8 Å². The zero-order valence-corrected chi connectivity index (χ0v) is 10.2. The van der Waals surface area contributed by atoms with Crippen LogP contribution in [0.4, 0.5) is 10.1 Å². The van der Waals surface area contributed by atoms with E-state index in [0.29, 0.717) is 21.0 Å². The molecule has 2 aromatic carbocycles. The molecule has 0 radical (unpaired) electrons. The number of benzene rings is 2. The van der Waals surface area contributed by atoms with Gasteiger partial charge in [-0.05, 0) is 30.3 Å². The highest BCUT2D eigenvalue weighted by Crippen LogP contribution is 2.34. The van der Waals surface area contributed by atoms with Crippen molar-refractivity contribution >= 4 is 23.4 Å². The lowest BCUT2D eigenvalue weighted by Crippen LogP contribution is -2.11. The molecule has 0 aliphatic rings. The van der Waals surface area contributed by atoms with Crippen LogP contribution in [0.15, 0.2) is 52.3 Å². The van der Waals surface area contributed by atoms with E-state index in [9.17, 15) is 9.18 Å². The lowest BCUT2D eigenvalue weighted by atomic mass is 10.2. The number of anilines is 1. The Hall–Kier alpha value is -2.01. The molecule has 0 saturated heterocycles. The van der Waals surface area contributed by atoms with Gasteiger partial charge in [0.25, 0.3) is 0 Å². The predicted molar refractivity (Wildman–Crippen MR) is 69.9 cm³/mol. The van der Waals surface area contributed by atoms with Gasteiger partial charge in [-0.3, -0.25) is 4.79 Å². The van der Waals surface area contributed by atoms with Crippen molar-refractivity contribution in [1.82, 2.24) is 0 Å². The van der Waals surface area contributed by atoms with Crippen LogP contribution in [-0.4, -0.2) is 5.91 Å². The fourth-order valence-corrected chi connectivity index (χ4v) is 2.34. The Bertz CT molecular complexity index is 601. The molecule has 0 saturated carbocycles. The number of nitrogen functional groups attached to an aromatic ring is 1. The zero-order valence-electron chi connectivity index (χ0n) is 9.39. The number of carbonyl (C=O) groups is 1. The number of primary amides is 1. The lowest BCUT2D eigenvalue weighted by molar-refractivity contribution is 0.1000. The van der Waals surface area contributed by atoms with E-state index in [1.54, 1.807) is 36.4 Å². The summed E-state index contributed by atoms with van der Waals surface area (Å²) in [5, 5.41) is 0. The van der Waals surface area contributed by atoms with Crippen LogP contribution in [0.1, 0.15) is 10.4 Å². The van der Waals surface area contributed by atoms with Crippen LogP contribution in [0.2, 0.25) is 0 Å². The molecule has 18 heavy (non-hydrogen) atoms. The fraction of sp³-hybridized carbons (Fsp3) is 0. The molecule has 1 amide bonds. The van der Waals surface area contributed by atoms with Gasteiger partial charge in [0, 0.05) is 21.0 Å². The molecule has 0 fully saturated rings. The predicted octanol–water partition coefficient (Wildman–Crippen LogP) is 2.66. The minimum absolute atomic E-state index is 0.327. The van der Waals surface area contributed by atoms with Gasteiger partial charge in [-0.15, -0.1) is 0 Å². The molecule has 92 valence electrons. The summed E-state index contributed by atoms with van der Waals surface area (Å²) in [4.78, 5) is 12.1. The third-order valence-electron chi connectivity index (χ3n) is 2.35. The largest absolute Gasteiger partial charge is 0.398 e. The fourth-order valence-electron chi connectivity index (χ4n) is 1.42. The van der Waals surface area contributed by atoms with Crippen molar-refractivity contribution in [2.75, 3.05) is 5.73 Å². The van der Waals surface area contributed by atoms with E-state index in [4.69, 9.17) is 11.5 Å². The summed E-state index contributed by atoms with van der Waals surface area (Å²) in [7, 11) is 0. The monoisotopic (exact) mass is 262 g/mol. The minimum Gasteiger partial charge on any atom is -0.398 e.